The Kier molecular flexibility index (Phi) is 9.75. The minimum atomic E-state index is 0.534. The highest BCUT2D eigenvalue weighted by molar-refractivity contribution is 5.77. The van der Waals surface area contributed by atoms with Gasteiger partial charge in [0.15, 0.2) is 23.3 Å². The van der Waals surface area contributed by atoms with Crippen LogP contribution in [-0.2, 0) is 0 Å². The molecular weight excluding hydrogens is 737 g/mol. The Morgan fingerprint density at radius 1 is 0.200 bits per heavy atom. The maximum atomic E-state index is 5.12. The largest absolute Gasteiger partial charge is 0.254 e. The molecule has 0 radical (unpaired) electrons. The predicted octanol–water partition coefficient (Wildman–Crippen LogP) is 11.8. The highest BCUT2D eigenvalue weighted by Gasteiger charge is 2.16. The Morgan fingerprint density at radius 3 is 0.933 bits per heavy atom. The van der Waals surface area contributed by atoms with Crippen molar-refractivity contribution in [3.05, 3.63) is 207 Å². The van der Waals surface area contributed by atoms with Gasteiger partial charge in [0, 0.05) is 45.8 Å². The van der Waals surface area contributed by atoms with E-state index in [1.165, 1.54) is 0 Å². The quantitative estimate of drug-likeness (QED) is 0.143. The van der Waals surface area contributed by atoms with Gasteiger partial charge >= 0.3 is 0 Å². The number of nitrogens with zero attached hydrogens (tertiary/aromatic N) is 8. The van der Waals surface area contributed by atoms with Crippen LogP contribution in [-0.4, -0.2) is 39.9 Å². The average molecular weight is 771 g/mol. The van der Waals surface area contributed by atoms with Crippen LogP contribution in [0, 0.1) is 0 Å². The molecule has 0 aliphatic heterocycles. The van der Waals surface area contributed by atoms with E-state index in [4.69, 9.17) is 39.9 Å². The number of rotatable bonds is 9. The lowest BCUT2D eigenvalue weighted by Gasteiger charge is -2.11. The summed E-state index contributed by atoms with van der Waals surface area (Å²) < 4.78 is 0. The summed E-state index contributed by atoms with van der Waals surface area (Å²) in [4.78, 5) is 39.6. The van der Waals surface area contributed by atoms with Crippen molar-refractivity contribution in [3.8, 4) is 102 Å². The lowest BCUT2D eigenvalue weighted by atomic mass is 10.0. The minimum Gasteiger partial charge on any atom is -0.254 e. The van der Waals surface area contributed by atoms with Gasteiger partial charge in [-0.1, -0.05) is 152 Å². The van der Waals surface area contributed by atoms with Gasteiger partial charge in [-0.3, -0.25) is 9.97 Å². The van der Waals surface area contributed by atoms with E-state index in [0.717, 1.165) is 55.9 Å². The second kappa shape index (κ2) is 16.2. The number of hydrogen-bond donors (Lipinski definition) is 0. The van der Waals surface area contributed by atoms with Crippen LogP contribution in [0.1, 0.15) is 0 Å². The molecule has 60 heavy (non-hydrogen) atoms. The monoisotopic (exact) mass is 770 g/mol. The first-order chi connectivity index (χ1) is 29.7. The van der Waals surface area contributed by atoms with Gasteiger partial charge in [-0.25, -0.2) is 29.9 Å². The molecule has 0 unspecified atom stereocenters. The van der Waals surface area contributed by atoms with Crippen molar-refractivity contribution in [2.24, 2.45) is 0 Å². The predicted molar refractivity (Wildman–Crippen MR) is 238 cm³/mol. The molecule has 0 bridgehead atoms. The van der Waals surface area contributed by atoms with Crippen LogP contribution in [0.4, 0.5) is 0 Å². The van der Waals surface area contributed by atoms with Crippen LogP contribution in [0.15, 0.2) is 207 Å². The molecule has 0 amide bonds. The summed E-state index contributed by atoms with van der Waals surface area (Å²) in [6, 6.07) is 64.5. The van der Waals surface area contributed by atoms with E-state index in [2.05, 4.69) is 48.5 Å². The summed E-state index contributed by atoms with van der Waals surface area (Å²) in [7, 11) is 0. The fraction of sp³-hybridized carbons (Fsp3) is 0. The van der Waals surface area contributed by atoms with Crippen LogP contribution < -0.4 is 0 Å². The van der Waals surface area contributed by atoms with Gasteiger partial charge in [0.1, 0.15) is 0 Å². The third-order valence-electron chi connectivity index (χ3n) is 10.1. The Labute approximate surface area is 347 Å². The third kappa shape index (κ3) is 7.68. The summed E-state index contributed by atoms with van der Waals surface area (Å²) in [5, 5.41) is 0. The molecule has 0 fully saturated rings. The van der Waals surface area contributed by atoms with Crippen molar-refractivity contribution >= 4 is 0 Å². The van der Waals surface area contributed by atoms with E-state index >= 15 is 0 Å². The maximum absolute atomic E-state index is 5.12. The first-order valence-electron chi connectivity index (χ1n) is 19.6. The molecule has 0 aliphatic carbocycles. The van der Waals surface area contributed by atoms with Gasteiger partial charge in [0.05, 0.1) is 34.2 Å². The van der Waals surface area contributed by atoms with Crippen LogP contribution in [0.3, 0.4) is 0 Å². The van der Waals surface area contributed by atoms with Crippen LogP contribution in [0.5, 0.6) is 0 Å². The molecule has 0 spiro atoms. The van der Waals surface area contributed by atoms with E-state index < -0.39 is 0 Å². The van der Waals surface area contributed by atoms with E-state index in [0.29, 0.717) is 46.1 Å². The van der Waals surface area contributed by atoms with Gasteiger partial charge in [0.25, 0.3) is 0 Å². The van der Waals surface area contributed by atoms with E-state index in [-0.39, 0.29) is 0 Å². The van der Waals surface area contributed by atoms with Gasteiger partial charge in [0.2, 0.25) is 0 Å². The first-order valence-corrected chi connectivity index (χ1v) is 19.6. The van der Waals surface area contributed by atoms with Gasteiger partial charge in [-0.15, -0.1) is 0 Å². The zero-order valence-electron chi connectivity index (χ0n) is 32.2. The summed E-state index contributed by atoms with van der Waals surface area (Å²) in [6.07, 6.45) is 3.62. The summed E-state index contributed by atoms with van der Waals surface area (Å²) in [5.74, 6) is 2.31. The normalized spacial score (nSPS) is 11.0. The molecule has 282 valence electrons. The van der Waals surface area contributed by atoms with Gasteiger partial charge in [-0.2, -0.15) is 0 Å². The molecule has 5 heterocycles. The maximum Gasteiger partial charge on any atom is 0.165 e. The Bertz CT molecular complexity index is 2730. The van der Waals surface area contributed by atoms with Crippen molar-refractivity contribution in [2.75, 3.05) is 0 Å². The molecule has 10 aromatic rings. The SMILES string of the molecule is c1ccc(-c2cc(-c3ccc(-c4nc(-c5ccccc5)cc(-c5ccccc5)n4)cn3)nc(-c3ccc(-c4nc(-c5ccccc5)nc(-c5ccccc5)n4)cn3)c2)cc1. The molecule has 10 rings (SSSR count). The van der Waals surface area contributed by atoms with Crippen molar-refractivity contribution in [3.63, 3.8) is 0 Å². The van der Waals surface area contributed by atoms with Crippen molar-refractivity contribution < 1.29 is 0 Å². The summed E-state index contributed by atoms with van der Waals surface area (Å²) in [6.45, 7) is 0. The molecular formula is C52H34N8. The topological polar surface area (TPSA) is 103 Å². The highest BCUT2D eigenvalue weighted by Crippen LogP contribution is 2.32. The molecule has 0 atom stereocenters. The number of benzene rings is 5. The van der Waals surface area contributed by atoms with Gasteiger partial charge < -0.3 is 0 Å². The summed E-state index contributed by atoms with van der Waals surface area (Å²) in [5.41, 5.74) is 12.0. The number of hydrogen-bond acceptors (Lipinski definition) is 8. The molecule has 0 saturated carbocycles. The lowest BCUT2D eigenvalue weighted by Crippen LogP contribution is -2.00. The van der Waals surface area contributed by atoms with Gasteiger partial charge in [-0.05, 0) is 53.6 Å². The third-order valence-corrected chi connectivity index (χ3v) is 10.1. The highest BCUT2D eigenvalue weighted by atomic mass is 15.0. The molecule has 0 aliphatic rings. The Balaban J connectivity index is 1.01. The fourth-order valence-electron chi connectivity index (χ4n) is 6.97. The zero-order valence-corrected chi connectivity index (χ0v) is 32.2. The van der Waals surface area contributed by atoms with Crippen LogP contribution >= 0.6 is 0 Å². The average Bonchev–Trinajstić information content (AvgIpc) is 3.35. The smallest absolute Gasteiger partial charge is 0.165 e. The van der Waals surface area contributed by atoms with Crippen molar-refractivity contribution in [2.45, 2.75) is 0 Å². The van der Waals surface area contributed by atoms with E-state index in [1.54, 1.807) is 6.20 Å². The second-order valence-electron chi connectivity index (χ2n) is 14.1. The molecule has 0 N–H and O–H groups in total. The minimum absolute atomic E-state index is 0.534. The van der Waals surface area contributed by atoms with Crippen molar-refractivity contribution in [1.82, 2.24) is 39.9 Å². The molecule has 0 saturated heterocycles. The number of pyridine rings is 3. The van der Waals surface area contributed by atoms with E-state index in [1.807, 2.05) is 152 Å². The van der Waals surface area contributed by atoms with Crippen molar-refractivity contribution in [1.29, 1.82) is 0 Å². The molecule has 8 heteroatoms. The van der Waals surface area contributed by atoms with Crippen LogP contribution in [0.25, 0.3) is 102 Å². The summed E-state index contributed by atoms with van der Waals surface area (Å²) >= 11 is 0. The molecule has 5 aromatic carbocycles. The van der Waals surface area contributed by atoms with E-state index in [9.17, 15) is 0 Å². The lowest BCUT2D eigenvalue weighted by molar-refractivity contribution is 1.07. The first kappa shape index (κ1) is 36.0. The second-order valence-corrected chi connectivity index (χ2v) is 14.1. The Hall–Kier alpha value is -8.36. The van der Waals surface area contributed by atoms with Crippen LogP contribution in [0.2, 0.25) is 0 Å². The molecule has 5 aromatic heterocycles. The number of aromatic nitrogens is 8. The molecule has 8 nitrogen and oxygen atoms in total. The zero-order chi connectivity index (χ0) is 40.1. The Morgan fingerprint density at radius 2 is 0.550 bits per heavy atom. The fourth-order valence-corrected chi connectivity index (χ4v) is 6.97. The standard InChI is InChI=1S/C52H34N8/c1-6-16-35(17-7-1)42-30-47(43-28-26-40(33-53-43)51-56-45(36-18-8-2-9-19-36)32-46(57-51)37-20-10-3-11-21-37)55-48(31-42)44-29-27-41(34-54-44)52-59-49(38-22-12-4-13-23-38)58-50(60-52)39-24-14-5-15-25-39/h1-34H.